The van der Waals surface area contributed by atoms with Gasteiger partial charge in [0.25, 0.3) is 0 Å². The average molecular weight is 199 g/mol. The first kappa shape index (κ1) is 10.6. The van der Waals surface area contributed by atoms with E-state index in [1.807, 2.05) is 0 Å². The number of amides is 1. The number of hydrogen-bond donors (Lipinski definition) is 3. The van der Waals surface area contributed by atoms with Crippen LogP contribution >= 0.6 is 0 Å². The van der Waals surface area contributed by atoms with E-state index in [4.69, 9.17) is 10.8 Å². The lowest BCUT2D eigenvalue weighted by molar-refractivity contribution is -0.138. The molecule has 0 saturated heterocycles. The van der Waals surface area contributed by atoms with Crippen molar-refractivity contribution in [1.82, 2.24) is 5.32 Å². The maximum atomic E-state index is 10.7. The molecule has 1 amide bonds. The minimum atomic E-state index is -0.998. The lowest BCUT2D eigenvalue weighted by Gasteiger charge is -2.05. The lowest BCUT2D eigenvalue weighted by Crippen LogP contribution is -2.30. The summed E-state index contributed by atoms with van der Waals surface area (Å²) >= 11 is 0. The molecule has 1 aliphatic heterocycles. The van der Waals surface area contributed by atoms with Crippen molar-refractivity contribution in [3.05, 3.63) is 0 Å². The zero-order valence-corrected chi connectivity index (χ0v) is 7.69. The molecule has 0 radical (unpaired) electrons. The molecule has 0 aromatic rings. The van der Waals surface area contributed by atoms with Crippen molar-refractivity contribution in [2.75, 3.05) is 6.54 Å². The normalized spacial score (nSPS) is 17.5. The van der Waals surface area contributed by atoms with E-state index < -0.39 is 12.0 Å². The van der Waals surface area contributed by atoms with Gasteiger partial charge in [0.15, 0.2) is 0 Å². The SMILES string of the molecule is N[C@@H](CCCC1=NCC(=O)N1)C(=O)O. The molecule has 1 atom stereocenters. The predicted molar refractivity (Wildman–Crippen MR) is 49.9 cm³/mol. The van der Waals surface area contributed by atoms with Gasteiger partial charge in [0, 0.05) is 6.42 Å². The van der Waals surface area contributed by atoms with Crippen LogP contribution in [0.4, 0.5) is 0 Å². The van der Waals surface area contributed by atoms with Crippen LogP contribution in [0.2, 0.25) is 0 Å². The fourth-order valence-corrected chi connectivity index (χ4v) is 1.16. The second kappa shape index (κ2) is 4.71. The van der Waals surface area contributed by atoms with Crippen molar-refractivity contribution >= 4 is 17.7 Å². The molecule has 0 bridgehead atoms. The van der Waals surface area contributed by atoms with Gasteiger partial charge in [-0.2, -0.15) is 0 Å². The Labute approximate surface area is 81.2 Å². The first-order valence-corrected chi connectivity index (χ1v) is 4.41. The van der Waals surface area contributed by atoms with Gasteiger partial charge >= 0.3 is 5.97 Å². The molecule has 1 aliphatic rings. The first-order valence-electron chi connectivity index (χ1n) is 4.41. The van der Waals surface area contributed by atoms with E-state index in [0.717, 1.165) is 0 Å². The van der Waals surface area contributed by atoms with Crippen molar-refractivity contribution in [2.24, 2.45) is 10.7 Å². The summed E-state index contributed by atoms with van der Waals surface area (Å²) in [6, 6.07) is -0.826. The van der Waals surface area contributed by atoms with Crippen molar-refractivity contribution < 1.29 is 14.7 Å². The van der Waals surface area contributed by atoms with Crippen LogP contribution in [0.5, 0.6) is 0 Å². The van der Waals surface area contributed by atoms with E-state index in [-0.39, 0.29) is 12.5 Å². The molecule has 4 N–H and O–H groups in total. The molecular formula is C8H13N3O3. The van der Waals surface area contributed by atoms with Crippen molar-refractivity contribution in [2.45, 2.75) is 25.3 Å². The van der Waals surface area contributed by atoms with Crippen LogP contribution in [0.15, 0.2) is 4.99 Å². The van der Waals surface area contributed by atoms with E-state index in [1.54, 1.807) is 0 Å². The maximum Gasteiger partial charge on any atom is 0.320 e. The van der Waals surface area contributed by atoms with Crippen LogP contribution in [0.25, 0.3) is 0 Å². The van der Waals surface area contributed by atoms with Gasteiger partial charge in [-0.3, -0.25) is 14.6 Å². The molecule has 0 spiro atoms. The Morgan fingerprint density at radius 1 is 1.71 bits per heavy atom. The summed E-state index contributed by atoms with van der Waals surface area (Å²) in [7, 11) is 0. The number of nitrogens with one attached hydrogen (secondary N) is 1. The quantitative estimate of drug-likeness (QED) is 0.533. The number of carbonyl (C=O) groups excluding carboxylic acids is 1. The second-order valence-corrected chi connectivity index (χ2v) is 3.15. The van der Waals surface area contributed by atoms with Gasteiger partial charge < -0.3 is 16.2 Å². The first-order chi connectivity index (χ1) is 6.59. The number of aliphatic carboxylic acids is 1. The number of carboxylic acids is 1. The number of nitrogens with two attached hydrogens (primary N) is 1. The number of hydrogen-bond acceptors (Lipinski definition) is 4. The van der Waals surface area contributed by atoms with E-state index >= 15 is 0 Å². The summed E-state index contributed by atoms with van der Waals surface area (Å²) in [6.07, 6.45) is 1.59. The summed E-state index contributed by atoms with van der Waals surface area (Å²) in [5.41, 5.74) is 5.30. The summed E-state index contributed by atoms with van der Waals surface area (Å²) < 4.78 is 0. The Hall–Kier alpha value is -1.43. The molecule has 6 heteroatoms. The largest absolute Gasteiger partial charge is 0.480 e. The molecule has 0 aromatic heterocycles. The number of nitrogens with zero attached hydrogens (tertiary/aromatic N) is 1. The third-order valence-corrected chi connectivity index (χ3v) is 1.94. The topological polar surface area (TPSA) is 105 Å². The molecule has 0 fully saturated rings. The van der Waals surface area contributed by atoms with Crippen LogP contribution in [-0.4, -0.2) is 35.4 Å². The highest BCUT2D eigenvalue weighted by molar-refractivity contribution is 6.03. The molecule has 6 nitrogen and oxygen atoms in total. The molecular weight excluding hydrogens is 186 g/mol. The van der Waals surface area contributed by atoms with Gasteiger partial charge in [0.1, 0.15) is 18.4 Å². The number of amidine groups is 1. The van der Waals surface area contributed by atoms with Crippen LogP contribution < -0.4 is 11.1 Å². The minimum absolute atomic E-state index is 0.109. The summed E-state index contributed by atoms with van der Waals surface area (Å²) in [5, 5.41) is 11.1. The third-order valence-electron chi connectivity index (χ3n) is 1.94. The van der Waals surface area contributed by atoms with Crippen LogP contribution in [0.3, 0.4) is 0 Å². The molecule has 1 heterocycles. The van der Waals surface area contributed by atoms with Gasteiger partial charge in [-0.1, -0.05) is 0 Å². The summed E-state index contributed by atoms with van der Waals surface area (Å²) in [5.74, 6) is -0.475. The van der Waals surface area contributed by atoms with Crippen molar-refractivity contribution in [3.8, 4) is 0 Å². The molecule has 78 valence electrons. The smallest absolute Gasteiger partial charge is 0.320 e. The van der Waals surface area contributed by atoms with Crippen molar-refractivity contribution in [3.63, 3.8) is 0 Å². The molecule has 0 aromatic carbocycles. The van der Waals surface area contributed by atoms with Crippen molar-refractivity contribution in [1.29, 1.82) is 0 Å². The van der Waals surface area contributed by atoms with E-state index in [0.29, 0.717) is 25.1 Å². The summed E-state index contributed by atoms with van der Waals surface area (Å²) in [6.45, 7) is 0.181. The zero-order chi connectivity index (χ0) is 10.6. The Morgan fingerprint density at radius 2 is 2.43 bits per heavy atom. The van der Waals surface area contributed by atoms with Gasteiger partial charge in [0.2, 0.25) is 5.91 Å². The standard InChI is InChI=1S/C8H13N3O3/c9-5(8(13)14)2-1-3-6-10-4-7(12)11-6/h5H,1-4,9H2,(H,13,14)(H,10,11,12)/t5-/m0/s1. The third kappa shape index (κ3) is 3.14. The fourth-order valence-electron chi connectivity index (χ4n) is 1.16. The number of rotatable bonds is 5. The Kier molecular flexibility index (Phi) is 3.58. The van der Waals surface area contributed by atoms with Crippen LogP contribution in [-0.2, 0) is 9.59 Å². The van der Waals surface area contributed by atoms with E-state index in [1.165, 1.54) is 0 Å². The monoisotopic (exact) mass is 199 g/mol. The molecule has 14 heavy (non-hydrogen) atoms. The average Bonchev–Trinajstić information content (AvgIpc) is 2.51. The lowest BCUT2D eigenvalue weighted by atomic mass is 10.1. The summed E-state index contributed by atoms with van der Waals surface area (Å²) in [4.78, 5) is 25.0. The molecule has 0 aliphatic carbocycles. The number of carboxylic acid groups (broad SMARTS) is 1. The zero-order valence-electron chi connectivity index (χ0n) is 7.69. The highest BCUT2D eigenvalue weighted by Gasteiger charge is 2.14. The highest BCUT2D eigenvalue weighted by atomic mass is 16.4. The van der Waals surface area contributed by atoms with E-state index in [9.17, 15) is 9.59 Å². The van der Waals surface area contributed by atoms with Crippen LogP contribution in [0, 0.1) is 0 Å². The fraction of sp³-hybridized carbons (Fsp3) is 0.625. The minimum Gasteiger partial charge on any atom is -0.480 e. The van der Waals surface area contributed by atoms with Gasteiger partial charge in [-0.25, -0.2) is 0 Å². The van der Waals surface area contributed by atoms with Gasteiger partial charge in [-0.05, 0) is 12.8 Å². The Morgan fingerprint density at radius 3 is 2.93 bits per heavy atom. The Bertz CT molecular complexity index is 275. The highest BCUT2D eigenvalue weighted by Crippen LogP contribution is 2.02. The number of carbonyl (C=O) groups is 2. The Balaban J connectivity index is 2.16. The molecule has 1 rings (SSSR count). The molecule has 0 unspecified atom stereocenters. The second-order valence-electron chi connectivity index (χ2n) is 3.15. The molecule has 0 saturated carbocycles. The number of aliphatic imine (C=N–C) groups is 1. The van der Waals surface area contributed by atoms with Gasteiger partial charge in [0.05, 0.1) is 0 Å². The maximum absolute atomic E-state index is 10.7. The van der Waals surface area contributed by atoms with Crippen LogP contribution in [0.1, 0.15) is 19.3 Å². The van der Waals surface area contributed by atoms with E-state index in [2.05, 4.69) is 10.3 Å². The predicted octanol–water partition coefficient (Wildman–Crippen LogP) is -0.903. The van der Waals surface area contributed by atoms with Gasteiger partial charge in [-0.15, -0.1) is 0 Å².